The third-order valence-electron chi connectivity index (χ3n) is 3.11. The van der Waals surface area contributed by atoms with Crippen LogP contribution in [0.15, 0.2) is 36.5 Å². The van der Waals surface area contributed by atoms with Gasteiger partial charge in [0.2, 0.25) is 0 Å². The maximum Gasteiger partial charge on any atom is 0.268 e. The number of aromatic nitrogens is 1. The van der Waals surface area contributed by atoms with Crippen LogP contribution in [0.3, 0.4) is 0 Å². The van der Waals surface area contributed by atoms with Crippen molar-refractivity contribution in [2.75, 3.05) is 6.54 Å². The van der Waals surface area contributed by atoms with E-state index in [1.54, 1.807) is 23.9 Å². The van der Waals surface area contributed by atoms with Crippen molar-refractivity contribution in [2.24, 2.45) is 12.8 Å². The summed E-state index contributed by atoms with van der Waals surface area (Å²) in [5.41, 5.74) is 8.32. The van der Waals surface area contributed by atoms with E-state index in [9.17, 15) is 4.79 Å². The molecule has 1 heterocycles. The summed E-state index contributed by atoms with van der Waals surface area (Å²) in [7, 11) is 1.79. The van der Waals surface area contributed by atoms with Gasteiger partial charge in [0, 0.05) is 19.8 Å². The summed E-state index contributed by atoms with van der Waals surface area (Å²) in [6, 6.07) is 9.73. The zero-order valence-corrected chi connectivity index (χ0v) is 12.2. The first-order valence-corrected chi connectivity index (χ1v) is 6.86. The van der Waals surface area contributed by atoms with Crippen molar-refractivity contribution < 1.29 is 4.79 Å². The maximum absolute atomic E-state index is 12.0. The van der Waals surface area contributed by atoms with Gasteiger partial charge in [0.15, 0.2) is 0 Å². The standard InChI is InChI=1S/C15H18ClN3O/c1-19-10-13(16)8-14(19)15(20)18-9-12-4-2-11(3-5-12)6-7-17/h2-5,8,10H,6-7,9,17H2,1H3,(H,18,20). The number of nitrogens with zero attached hydrogens (tertiary/aromatic N) is 1. The van der Waals surface area contributed by atoms with E-state index in [2.05, 4.69) is 5.32 Å². The van der Waals surface area contributed by atoms with Gasteiger partial charge in [0.05, 0.1) is 5.02 Å². The molecular weight excluding hydrogens is 274 g/mol. The van der Waals surface area contributed by atoms with Crippen molar-refractivity contribution in [1.82, 2.24) is 9.88 Å². The van der Waals surface area contributed by atoms with Crippen molar-refractivity contribution >= 4 is 17.5 Å². The van der Waals surface area contributed by atoms with Gasteiger partial charge in [-0.1, -0.05) is 35.9 Å². The number of nitrogens with two attached hydrogens (primary N) is 1. The average Bonchev–Trinajstić information content (AvgIpc) is 2.77. The molecule has 0 spiro atoms. The number of hydrogen-bond acceptors (Lipinski definition) is 2. The van der Waals surface area contributed by atoms with Gasteiger partial charge in [-0.15, -0.1) is 0 Å². The summed E-state index contributed by atoms with van der Waals surface area (Å²) >= 11 is 5.86. The summed E-state index contributed by atoms with van der Waals surface area (Å²) in [6.45, 7) is 1.13. The fraction of sp³-hybridized carbons (Fsp3) is 0.267. The third kappa shape index (κ3) is 3.62. The summed E-state index contributed by atoms with van der Waals surface area (Å²) in [5.74, 6) is -0.134. The quantitative estimate of drug-likeness (QED) is 0.886. The molecule has 0 aliphatic carbocycles. The zero-order chi connectivity index (χ0) is 14.5. The molecule has 0 atom stereocenters. The van der Waals surface area contributed by atoms with E-state index in [0.29, 0.717) is 23.8 Å². The maximum atomic E-state index is 12.0. The van der Waals surface area contributed by atoms with Gasteiger partial charge < -0.3 is 15.6 Å². The summed E-state index contributed by atoms with van der Waals surface area (Å²) in [5, 5.41) is 3.44. The Labute approximate surface area is 123 Å². The van der Waals surface area contributed by atoms with E-state index in [1.165, 1.54) is 5.56 Å². The SMILES string of the molecule is Cn1cc(Cl)cc1C(=O)NCc1ccc(CCN)cc1. The normalized spacial score (nSPS) is 10.6. The molecule has 0 unspecified atom stereocenters. The number of carbonyl (C=O) groups is 1. The van der Waals surface area contributed by atoms with Crippen LogP contribution in [0.5, 0.6) is 0 Å². The molecule has 0 radical (unpaired) electrons. The van der Waals surface area contributed by atoms with Gasteiger partial charge in [-0.05, 0) is 30.2 Å². The molecule has 1 aromatic heterocycles. The molecule has 1 amide bonds. The molecule has 4 nitrogen and oxygen atoms in total. The second-order valence-electron chi connectivity index (χ2n) is 4.69. The monoisotopic (exact) mass is 291 g/mol. The number of amides is 1. The number of benzene rings is 1. The number of aryl methyl sites for hydroxylation is 1. The lowest BCUT2D eigenvalue weighted by Gasteiger charge is -2.07. The molecule has 3 N–H and O–H groups in total. The fourth-order valence-electron chi connectivity index (χ4n) is 2.01. The van der Waals surface area contributed by atoms with Crippen LogP contribution in [-0.4, -0.2) is 17.0 Å². The topological polar surface area (TPSA) is 60.0 Å². The average molecular weight is 292 g/mol. The molecule has 0 fully saturated rings. The lowest BCUT2D eigenvalue weighted by molar-refractivity contribution is 0.0943. The van der Waals surface area contributed by atoms with Crippen molar-refractivity contribution in [2.45, 2.75) is 13.0 Å². The van der Waals surface area contributed by atoms with E-state index < -0.39 is 0 Å². The van der Waals surface area contributed by atoms with E-state index in [4.69, 9.17) is 17.3 Å². The van der Waals surface area contributed by atoms with E-state index in [1.807, 2.05) is 24.3 Å². The summed E-state index contributed by atoms with van der Waals surface area (Å²) < 4.78 is 1.71. The Morgan fingerprint density at radius 2 is 1.95 bits per heavy atom. The van der Waals surface area contributed by atoms with Crippen molar-refractivity contribution in [3.05, 3.63) is 58.4 Å². The van der Waals surface area contributed by atoms with Gasteiger partial charge in [-0.2, -0.15) is 0 Å². The van der Waals surface area contributed by atoms with Gasteiger partial charge in [0.1, 0.15) is 5.69 Å². The summed E-state index contributed by atoms with van der Waals surface area (Å²) in [6.07, 6.45) is 2.58. The van der Waals surface area contributed by atoms with Crippen LogP contribution < -0.4 is 11.1 Å². The van der Waals surface area contributed by atoms with Gasteiger partial charge in [-0.3, -0.25) is 4.79 Å². The second-order valence-corrected chi connectivity index (χ2v) is 5.13. The molecule has 20 heavy (non-hydrogen) atoms. The lowest BCUT2D eigenvalue weighted by atomic mass is 10.1. The highest BCUT2D eigenvalue weighted by molar-refractivity contribution is 6.31. The highest BCUT2D eigenvalue weighted by Gasteiger charge is 2.10. The minimum absolute atomic E-state index is 0.134. The number of halogens is 1. The highest BCUT2D eigenvalue weighted by Crippen LogP contribution is 2.12. The van der Waals surface area contributed by atoms with Crippen LogP contribution in [-0.2, 0) is 20.0 Å². The Kier molecular flexibility index (Phi) is 4.82. The molecule has 5 heteroatoms. The van der Waals surface area contributed by atoms with E-state index in [0.717, 1.165) is 12.0 Å². The van der Waals surface area contributed by atoms with Crippen LogP contribution in [0.2, 0.25) is 5.02 Å². The van der Waals surface area contributed by atoms with Gasteiger partial charge >= 0.3 is 0 Å². The first-order chi connectivity index (χ1) is 9.60. The first kappa shape index (κ1) is 14.6. The highest BCUT2D eigenvalue weighted by atomic mass is 35.5. The number of rotatable bonds is 5. The smallest absolute Gasteiger partial charge is 0.268 e. The molecule has 0 saturated heterocycles. The fourth-order valence-corrected chi connectivity index (χ4v) is 2.26. The van der Waals surface area contributed by atoms with Crippen LogP contribution in [0.4, 0.5) is 0 Å². The molecule has 0 aliphatic heterocycles. The van der Waals surface area contributed by atoms with Crippen molar-refractivity contribution in [3.63, 3.8) is 0 Å². The number of hydrogen-bond donors (Lipinski definition) is 2. The zero-order valence-electron chi connectivity index (χ0n) is 11.4. The number of carbonyl (C=O) groups excluding carboxylic acids is 1. The molecule has 2 rings (SSSR count). The lowest BCUT2D eigenvalue weighted by Crippen LogP contribution is -2.24. The van der Waals surface area contributed by atoms with Crippen LogP contribution >= 0.6 is 11.6 Å². The Morgan fingerprint density at radius 3 is 2.50 bits per heavy atom. The molecular formula is C15H18ClN3O. The van der Waals surface area contributed by atoms with Crippen LogP contribution in [0.25, 0.3) is 0 Å². The molecule has 0 aliphatic rings. The first-order valence-electron chi connectivity index (χ1n) is 6.48. The Morgan fingerprint density at radius 1 is 1.30 bits per heavy atom. The predicted octanol–water partition coefficient (Wildman–Crippen LogP) is 2.11. The minimum Gasteiger partial charge on any atom is -0.347 e. The Hall–Kier alpha value is -1.78. The molecule has 1 aromatic carbocycles. The molecule has 106 valence electrons. The predicted molar refractivity (Wildman–Crippen MR) is 80.8 cm³/mol. The minimum atomic E-state index is -0.134. The molecule has 2 aromatic rings. The van der Waals surface area contributed by atoms with Gasteiger partial charge in [0.25, 0.3) is 5.91 Å². The second kappa shape index (κ2) is 6.59. The van der Waals surface area contributed by atoms with Crippen LogP contribution in [0.1, 0.15) is 21.6 Å². The van der Waals surface area contributed by atoms with Crippen molar-refractivity contribution in [1.29, 1.82) is 0 Å². The largest absolute Gasteiger partial charge is 0.347 e. The third-order valence-corrected chi connectivity index (χ3v) is 3.32. The Bertz CT molecular complexity index is 590. The number of nitrogens with one attached hydrogen (secondary N) is 1. The molecule has 0 bridgehead atoms. The van der Waals surface area contributed by atoms with Crippen LogP contribution in [0, 0.1) is 0 Å². The Balaban J connectivity index is 1.94. The van der Waals surface area contributed by atoms with Gasteiger partial charge in [-0.25, -0.2) is 0 Å². The molecule has 0 saturated carbocycles. The van der Waals surface area contributed by atoms with E-state index in [-0.39, 0.29) is 5.91 Å². The summed E-state index contributed by atoms with van der Waals surface area (Å²) in [4.78, 5) is 12.0. The van der Waals surface area contributed by atoms with E-state index >= 15 is 0 Å². The van der Waals surface area contributed by atoms with Crippen molar-refractivity contribution in [3.8, 4) is 0 Å².